The van der Waals surface area contributed by atoms with Crippen molar-refractivity contribution in [3.8, 4) is 11.5 Å². The van der Waals surface area contributed by atoms with Gasteiger partial charge in [-0.15, -0.1) is 0 Å². The van der Waals surface area contributed by atoms with Crippen LogP contribution in [0.4, 0.5) is 16.2 Å². The molecule has 1 saturated heterocycles. The van der Waals surface area contributed by atoms with E-state index in [0.717, 1.165) is 24.2 Å². The van der Waals surface area contributed by atoms with Crippen LogP contribution >= 0.6 is 11.6 Å². The topological polar surface area (TPSA) is 71.1 Å². The third-order valence-electron chi connectivity index (χ3n) is 5.69. The van der Waals surface area contributed by atoms with Gasteiger partial charge in [0.05, 0.1) is 24.9 Å². The second-order valence-electron chi connectivity index (χ2n) is 7.88. The lowest BCUT2D eigenvalue weighted by atomic mass is 10.1. The molecule has 4 rings (SSSR count). The average Bonchev–Trinajstić information content (AvgIpc) is 2.86. The monoisotopic (exact) mass is 479 g/mol. The Morgan fingerprint density at radius 2 is 1.68 bits per heavy atom. The molecule has 3 aromatic rings. The van der Waals surface area contributed by atoms with E-state index in [2.05, 4.69) is 5.32 Å². The minimum Gasteiger partial charge on any atom is -0.495 e. The fourth-order valence-corrected chi connectivity index (χ4v) is 4.16. The molecule has 0 aliphatic carbocycles. The fourth-order valence-electron chi connectivity index (χ4n) is 3.92. The van der Waals surface area contributed by atoms with Crippen molar-refractivity contribution in [3.63, 3.8) is 0 Å². The number of amides is 3. The zero-order valence-corrected chi connectivity index (χ0v) is 19.8. The van der Waals surface area contributed by atoms with Gasteiger partial charge in [0.15, 0.2) is 0 Å². The molecule has 1 aliphatic rings. The van der Waals surface area contributed by atoms with Crippen molar-refractivity contribution in [2.45, 2.75) is 13.0 Å². The number of urea groups is 1. The van der Waals surface area contributed by atoms with Crippen molar-refractivity contribution in [2.24, 2.45) is 0 Å². The number of carbonyl (C=O) groups is 2. The molecule has 0 saturated carbocycles. The van der Waals surface area contributed by atoms with Crippen LogP contribution in [0.5, 0.6) is 11.5 Å². The van der Waals surface area contributed by atoms with Gasteiger partial charge in [0.2, 0.25) is 0 Å². The molecular weight excluding hydrogens is 454 g/mol. The molecule has 1 fully saturated rings. The van der Waals surface area contributed by atoms with Crippen LogP contribution in [-0.4, -0.2) is 44.1 Å². The quantitative estimate of drug-likeness (QED) is 0.489. The first kappa shape index (κ1) is 23.4. The van der Waals surface area contributed by atoms with Gasteiger partial charge in [0.1, 0.15) is 11.5 Å². The van der Waals surface area contributed by atoms with E-state index in [1.54, 1.807) is 41.3 Å². The summed E-state index contributed by atoms with van der Waals surface area (Å²) in [6.07, 6.45) is 0.874. The van der Waals surface area contributed by atoms with Crippen molar-refractivity contribution in [2.75, 3.05) is 37.5 Å². The summed E-state index contributed by atoms with van der Waals surface area (Å²) >= 11 is 6.20. The molecule has 3 amide bonds. The number of ether oxygens (including phenoxy) is 2. The minimum atomic E-state index is -0.318. The highest BCUT2D eigenvalue weighted by molar-refractivity contribution is 6.32. The SMILES string of the molecule is COc1cc(OC)c(NC(=O)c2ccc(N3CCCN(Cc4ccccc4)C3=O)cc2)cc1Cl. The van der Waals surface area contributed by atoms with Crippen LogP contribution in [0.3, 0.4) is 0 Å². The third kappa shape index (κ3) is 5.10. The molecular formula is C26H26ClN3O4. The van der Waals surface area contributed by atoms with Gasteiger partial charge in [0, 0.05) is 37.0 Å². The number of rotatable bonds is 7. The number of hydrogen-bond acceptors (Lipinski definition) is 4. The molecule has 7 nitrogen and oxygen atoms in total. The van der Waals surface area contributed by atoms with Crippen LogP contribution in [0.25, 0.3) is 0 Å². The molecule has 3 aromatic carbocycles. The average molecular weight is 480 g/mol. The Hall–Kier alpha value is -3.71. The van der Waals surface area contributed by atoms with E-state index in [9.17, 15) is 9.59 Å². The fraction of sp³-hybridized carbons (Fsp3) is 0.231. The van der Waals surface area contributed by atoms with E-state index in [-0.39, 0.29) is 11.9 Å². The number of halogens is 1. The third-order valence-corrected chi connectivity index (χ3v) is 5.99. The molecule has 1 heterocycles. The normalized spacial score (nSPS) is 13.6. The smallest absolute Gasteiger partial charge is 0.324 e. The Morgan fingerprint density at radius 3 is 2.35 bits per heavy atom. The zero-order valence-electron chi connectivity index (χ0n) is 19.1. The van der Waals surface area contributed by atoms with Crippen LogP contribution in [0.2, 0.25) is 5.02 Å². The number of nitrogens with one attached hydrogen (secondary N) is 1. The van der Waals surface area contributed by atoms with E-state index in [1.165, 1.54) is 14.2 Å². The number of benzene rings is 3. The van der Waals surface area contributed by atoms with Gasteiger partial charge >= 0.3 is 6.03 Å². The van der Waals surface area contributed by atoms with Crippen LogP contribution in [0.15, 0.2) is 66.7 Å². The van der Waals surface area contributed by atoms with Gasteiger partial charge in [0.25, 0.3) is 5.91 Å². The van der Waals surface area contributed by atoms with E-state index in [1.807, 2.05) is 35.2 Å². The maximum atomic E-state index is 13.1. The standard InChI is InChI=1S/C26H26ClN3O4/c1-33-23-16-24(34-2)22(15-21(23)27)28-25(31)19-9-11-20(12-10-19)30-14-6-13-29(26(30)32)17-18-7-4-3-5-8-18/h3-5,7-12,15-16H,6,13-14,17H2,1-2H3,(H,28,31). The van der Waals surface area contributed by atoms with Gasteiger partial charge in [-0.25, -0.2) is 4.79 Å². The van der Waals surface area contributed by atoms with Gasteiger partial charge in [-0.05, 0) is 42.3 Å². The molecule has 34 heavy (non-hydrogen) atoms. The lowest BCUT2D eigenvalue weighted by molar-refractivity contribution is 0.102. The Labute approximate surface area is 203 Å². The van der Waals surface area contributed by atoms with Crippen LogP contribution in [-0.2, 0) is 6.54 Å². The molecule has 1 N–H and O–H groups in total. The van der Waals surface area contributed by atoms with Crippen LogP contribution < -0.4 is 19.7 Å². The van der Waals surface area contributed by atoms with Gasteiger partial charge in [-0.3, -0.25) is 9.69 Å². The number of anilines is 2. The lowest BCUT2D eigenvalue weighted by Gasteiger charge is -2.35. The van der Waals surface area contributed by atoms with Crippen molar-refractivity contribution in [3.05, 3.63) is 82.9 Å². The second kappa shape index (κ2) is 10.5. The first-order valence-corrected chi connectivity index (χ1v) is 11.3. The second-order valence-corrected chi connectivity index (χ2v) is 8.29. The summed E-state index contributed by atoms with van der Waals surface area (Å²) in [4.78, 5) is 29.5. The summed E-state index contributed by atoms with van der Waals surface area (Å²) in [6.45, 7) is 1.93. The van der Waals surface area contributed by atoms with Crippen molar-refractivity contribution < 1.29 is 19.1 Å². The number of methoxy groups -OCH3 is 2. The summed E-state index contributed by atoms with van der Waals surface area (Å²) in [7, 11) is 3.01. The van der Waals surface area contributed by atoms with E-state index >= 15 is 0 Å². The highest BCUT2D eigenvalue weighted by Crippen LogP contribution is 2.36. The summed E-state index contributed by atoms with van der Waals surface area (Å²) in [5.41, 5.74) is 2.73. The summed E-state index contributed by atoms with van der Waals surface area (Å²) in [6, 6.07) is 20.1. The predicted octanol–water partition coefficient (Wildman–Crippen LogP) is 5.44. The summed E-state index contributed by atoms with van der Waals surface area (Å²) < 4.78 is 10.5. The first-order chi connectivity index (χ1) is 16.5. The Bertz CT molecular complexity index is 1170. The molecule has 0 spiro atoms. The molecule has 0 unspecified atom stereocenters. The lowest BCUT2D eigenvalue weighted by Crippen LogP contribution is -2.49. The number of carbonyl (C=O) groups excluding carboxylic acids is 2. The first-order valence-electron chi connectivity index (χ1n) is 10.9. The highest BCUT2D eigenvalue weighted by atomic mass is 35.5. The van der Waals surface area contributed by atoms with Gasteiger partial charge in [-0.1, -0.05) is 41.9 Å². The largest absolute Gasteiger partial charge is 0.495 e. The molecule has 0 bridgehead atoms. The predicted molar refractivity (Wildman–Crippen MR) is 133 cm³/mol. The molecule has 1 aliphatic heterocycles. The Morgan fingerprint density at radius 1 is 0.971 bits per heavy atom. The molecule has 0 atom stereocenters. The molecule has 0 radical (unpaired) electrons. The molecule has 176 valence electrons. The highest BCUT2D eigenvalue weighted by Gasteiger charge is 2.27. The Kier molecular flexibility index (Phi) is 7.23. The van der Waals surface area contributed by atoms with Crippen LogP contribution in [0, 0.1) is 0 Å². The van der Waals surface area contributed by atoms with Crippen LogP contribution in [0.1, 0.15) is 22.3 Å². The van der Waals surface area contributed by atoms with Gasteiger partial charge in [-0.2, -0.15) is 0 Å². The van der Waals surface area contributed by atoms with E-state index in [4.69, 9.17) is 21.1 Å². The number of hydrogen-bond donors (Lipinski definition) is 1. The zero-order chi connectivity index (χ0) is 24.1. The summed E-state index contributed by atoms with van der Waals surface area (Å²) in [5, 5.41) is 3.18. The van der Waals surface area contributed by atoms with Gasteiger partial charge < -0.3 is 19.7 Å². The number of nitrogens with zero attached hydrogens (tertiary/aromatic N) is 2. The maximum absolute atomic E-state index is 13.1. The molecule has 8 heteroatoms. The van der Waals surface area contributed by atoms with E-state index in [0.29, 0.717) is 40.9 Å². The van der Waals surface area contributed by atoms with Crippen molar-refractivity contribution >= 4 is 34.9 Å². The summed E-state index contributed by atoms with van der Waals surface area (Å²) in [5.74, 6) is 0.568. The Balaban J connectivity index is 1.46. The maximum Gasteiger partial charge on any atom is 0.324 e. The van der Waals surface area contributed by atoms with Crippen molar-refractivity contribution in [1.29, 1.82) is 0 Å². The van der Waals surface area contributed by atoms with Crippen molar-refractivity contribution in [1.82, 2.24) is 4.90 Å². The molecule has 0 aromatic heterocycles. The van der Waals surface area contributed by atoms with E-state index < -0.39 is 0 Å². The minimum absolute atomic E-state index is 0.0371.